The Kier molecular flexibility index (Phi) is 9.90. The molecule has 1 aromatic heterocycles. The van der Waals surface area contributed by atoms with Gasteiger partial charge in [-0.2, -0.15) is 0 Å². The van der Waals surface area contributed by atoms with Gasteiger partial charge in [-0.25, -0.2) is 15.0 Å². The minimum Gasteiger partial charge on any atom is -0.494 e. The fourth-order valence-electron chi connectivity index (χ4n) is 7.04. The molecule has 0 aliphatic carbocycles. The van der Waals surface area contributed by atoms with Gasteiger partial charge < -0.3 is 29.9 Å². The third kappa shape index (κ3) is 7.48. The Hall–Kier alpha value is -5.13. The van der Waals surface area contributed by atoms with E-state index in [0.717, 1.165) is 55.1 Å². The highest BCUT2D eigenvalue weighted by molar-refractivity contribution is 6.02. The molecule has 11 heteroatoms. The number of anilines is 5. The summed E-state index contributed by atoms with van der Waals surface area (Å²) in [5.41, 5.74) is 3.32. The number of nitrogens with zero attached hydrogens (tertiary/aromatic N) is 5. The molecule has 1 amide bonds. The number of likely N-dealkylation sites (tertiary alicyclic amines) is 1. The van der Waals surface area contributed by atoms with E-state index in [2.05, 4.69) is 43.0 Å². The number of amides is 1. The first-order chi connectivity index (χ1) is 24.1. The van der Waals surface area contributed by atoms with Gasteiger partial charge in [0.05, 0.1) is 36.8 Å². The molecule has 254 valence electrons. The molecule has 49 heavy (non-hydrogen) atoms. The van der Waals surface area contributed by atoms with Gasteiger partial charge >= 0.3 is 0 Å². The normalized spacial score (nSPS) is 18.3. The predicted octanol–water partition coefficient (Wildman–Crippen LogP) is 7.09. The Bertz CT molecular complexity index is 1760. The first kappa shape index (κ1) is 32.4. The van der Waals surface area contributed by atoms with Crippen molar-refractivity contribution in [2.45, 2.75) is 44.2 Å². The molecule has 3 aliphatic heterocycles. The number of carbonyl (C=O) groups is 1. The number of hydroxylamine groups is 1. The third-order valence-corrected chi connectivity index (χ3v) is 9.49. The molecule has 0 radical (unpaired) electrons. The zero-order chi connectivity index (χ0) is 33.6. The van der Waals surface area contributed by atoms with Gasteiger partial charge in [0.25, 0.3) is 0 Å². The zero-order valence-corrected chi connectivity index (χ0v) is 27.9. The SMILES string of the molecule is C=CC(=O)Nc1cc(Nc2cc(N3OCCC3c3cccc(Oc4ccccc4)c3)ncn2)c(OC)cc1N1CCC(N2CCCC2)CC1. The molecule has 4 heterocycles. The molecule has 3 saturated heterocycles. The summed E-state index contributed by atoms with van der Waals surface area (Å²) in [6.07, 6.45) is 8.35. The van der Waals surface area contributed by atoms with E-state index in [0.29, 0.717) is 41.4 Å². The number of benzene rings is 3. The summed E-state index contributed by atoms with van der Waals surface area (Å²) in [6, 6.07) is 24.1. The molecule has 0 saturated carbocycles. The molecule has 7 rings (SSSR count). The minimum atomic E-state index is -0.274. The van der Waals surface area contributed by atoms with Crippen LogP contribution in [0.1, 0.15) is 43.7 Å². The fourth-order valence-corrected chi connectivity index (χ4v) is 7.04. The highest BCUT2D eigenvalue weighted by Gasteiger charge is 2.31. The summed E-state index contributed by atoms with van der Waals surface area (Å²) < 4.78 is 12.0. The van der Waals surface area contributed by atoms with Crippen LogP contribution in [0.5, 0.6) is 17.2 Å². The highest BCUT2D eigenvalue weighted by Crippen LogP contribution is 2.41. The first-order valence-corrected chi connectivity index (χ1v) is 17.1. The van der Waals surface area contributed by atoms with Crippen molar-refractivity contribution in [1.29, 1.82) is 0 Å². The van der Waals surface area contributed by atoms with Crippen LogP contribution in [0.15, 0.2) is 91.8 Å². The second kappa shape index (κ2) is 15.0. The van der Waals surface area contributed by atoms with Gasteiger partial charge in [0.2, 0.25) is 5.91 Å². The fraction of sp³-hybridized carbons (Fsp3) is 0.342. The van der Waals surface area contributed by atoms with Gasteiger partial charge in [0.1, 0.15) is 29.4 Å². The van der Waals surface area contributed by atoms with Gasteiger partial charge in [-0.15, -0.1) is 0 Å². The summed E-state index contributed by atoms with van der Waals surface area (Å²) in [5, 5.41) is 8.26. The first-order valence-electron chi connectivity index (χ1n) is 17.1. The second-order valence-corrected chi connectivity index (χ2v) is 12.6. The lowest BCUT2D eigenvalue weighted by molar-refractivity contribution is -0.111. The van der Waals surface area contributed by atoms with Crippen molar-refractivity contribution in [3.05, 3.63) is 97.3 Å². The van der Waals surface area contributed by atoms with E-state index < -0.39 is 0 Å². The maximum absolute atomic E-state index is 12.6. The van der Waals surface area contributed by atoms with Crippen molar-refractivity contribution in [2.24, 2.45) is 0 Å². The summed E-state index contributed by atoms with van der Waals surface area (Å²) in [5.74, 6) is 3.07. The van der Waals surface area contributed by atoms with Gasteiger partial charge in [0, 0.05) is 37.7 Å². The summed E-state index contributed by atoms with van der Waals surface area (Å²) in [7, 11) is 1.65. The van der Waals surface area contributed by atoms with E-state index >= 15 is 0 Å². The lowest BCUT2D eigenvalue weighted by atomic mass is 10.0. The molecule has 2 N–H and O–H groups in total. The number of hydrogen-bond donors (Lipinski definition) is 2. The Morgan fingerprint density at radius 2 is 1.71 bits per heavy atom. The molecular formula is C38H43N7O4. The van der Waals surface area contributed by atoms with E-state index in [4.69, 9.17) is 14.3 Å². The van der Waals surface area contributed by atoms with E-state index in [1.54, 1.807) is 7.11 Å². The highest BCUT2D eigenvalue weighted by atomic mass is 16.7. The molecule has 1 atom stereocenters. The number of nitrogens with one attached hydrogen (secondary N) is 2. The number of methoxy groups -OCH3 is 1. The van der Waals surface area contributed by atoms with E-state index in [-0.39, 0.29) is 11.9 Å². The molecule has 3 aliphatic rings. The molecule has 11 nitrogen and oxygen atoms in total. The Morgan fingerprint density at radius 1 is 0.918 bits per heavy atom. The van der Waals surface area contributed by atoms with Crippen LogP contribution in [0.25, 0.3) is 0 Å². The second-order valence-electron chi connectivity index (χ2n) is 12.6. The van der Waals surface area contributed by atoms with Gasteiger partial charge in [-0.1, -0.05) is 36.9 Å². The number of rotatable bonds is 11. The molecule has 1 unspecified atom stereocenters. The monoisotopic (exact) mass is 661 g/mol. The quantitative estimate of drug-likeness (QED) is 0.162. The molecule has 4 aromatic rings. The van der Waals surface area contributed by atoms with Crippen LogP contribution in [-0.2, 0) is 9.63 Å². The van der Waals surface area contributed by atoms with Crippen LogP contribution in [-0.4, -0.2) is 66.7 Å². The van der Waals surface area contributed by atoms with Crippen molar-refractivity contribution in [2.75, 3.05) is 60.5 Å². The number of piperidine rings is 1. The lowest BCUT2D eigenvalue weighted by Gasteiger charge is -2.38. The number of aromatic nitrogens is 2. The van der Waals surface area contributed by atoms with Gasteiger partial charge in [-0.3, -0.25) is 9.63 Å². The largest absolute Gasteiger partial charge is 0.494 e. The van der Waals surface area contributed by atoms with Crippen LogP contribution < -0.4 is 30.1 Å². The molecule has 3 fully saturated rings. The molecule has 0 bridgehead atoms. The van der Waals surface area contributed by atoms with Crippen LogP contribution in [0.4, 0.5) is 28.7 Å². The molecular weight excluding hydrogens is 618 g/mol. The lowest BCUT2D eigenvalue weighted by Crippen LogP contribution is -2.44. The Balaban J connectivity index is 1.11. The van der Waals surface area contributed by atoms with Crippen molar-refractivity contribution in [1.82, 2.24) is 14.9 Å². The van der Waals surface area contributed by atoms with Gasteiger partial charge in [0.15, 0.2) is 5.82 Å². The van der Waals surface area contributed by atoms with Crippen LogP contribution >= 0.6 is 0 Å². The summed E-state index contributed by atoms with van der Waals surface area (Å²) >= 11 is 0. The van der Waals surface area contributed by atoms with E-state index in [1.165, 1.54) is 38.3 Å². The van der Waals surface area contributed by atoms with Crippen LogP contribution in [0.3, 0.4) is 0 Å². The average Bonchev–Trinajstić information content (AvgIpc) is 3.86. The maximum atomic E-state index is 12.6. The zero-order valence-electron chi connectivity index (χ0n) is 27.9. The summed E-state index contributed by atoms with van der Waals surface area (Å²) in [4.78, 5) is 32.7. The van der Waals surface area contributed by atoms with E-state index in [9.17, 15) is 4.79 Å². The topological polar surface area (TPSA) is 104 Å². The number of hydrogen-bond acceptors (Lipinski definition) is 10. The number of ether oxygens (including phenoxy) is 2. The average molecular weight is 662 g/mol. The smallest absolute Gasteiger partial charge is 0.247 e. The van der Waals surface area contributed by atoms with Crippen LogP contribution in [0, 0.1) is 0 Å². The molecule has 0 spiro atoms. The van der Waals surface area contributed by atoms with E-state index in [1.807, 2.05) is 71.8 Å². The Morgan fingerprint density at radius 3 is 2.49 bits per heavy atom. The van der Waals surface area contributed by atoms with Crippen molar-refractivity contribution >= 4 is 34.6 Å². The maximum Gasteiger partial charge on any atom is 0.247 e. The predicted molar refractivity (Wildman–Crippen MR) is 192 cm³/mol. The van der Waals surface area contributed by atoms with Crippen molar-refractivity contribution in [3.8, 4) is 17.2 Å². The van der Waals surface area contributed by atoms with Crippen molar-refractivity contribution < 1.29 is 19.1 Å². The summed E-state index contributed by atoms with van der Waals surface area (Å²) in [6.45, 7) is 8.43. The standard InChI is InChI=1S/C38H43N7O4/c1-3-38(46)42-31-23-32(35(47-2)24-34(31)44-19-14-28(15-20-44)43-17-7-8-18-43)41-36-25-37(40-26-39-36)45-33(16-21-48-45)27-10-9-13-30(22-27)49-29-11-5-4-6-12-29/h3-6,9-13,22-26,28,33H,1,7-8,14-21H2,2H3,(H,42,46)(H,39,40,41). The van der Waals surface area contributed by atoms with Gasteiger partial charge in [-0.05, 0) is 80.7 Å². The Labute approximate surface area is 287 Å². The third-order valence-electron chi connectivity index (χ3n) is 9.49. The van der Waals surface area contributed by atoms with Crippen LogP contribution in [0.2, 0.25) is 0 Å². The number of carbonyl (C=O) groups excluding carboxylic acids is 1. The van der Waals surface area contributed by atoms with Crippen molar-refractivity contribution in [3.63, 3.8) is 0 Å². The number of para-hydroxylation sites is 1. The minimum absolute atomic E-state index is 0.0637. The molecule has 3 aromatic carbocycles.